The molecule has 0 spiro atoms. The second-order valence-corrected chi connectivity index (χ2v) is 20.4. The zero-order valence-corrected chi connectivity index (χ0v) is 30.9. The van der Waals surface area contributed by atoms with E-state index in [9.17, 15) is 26.4 Å². The van der Waals surface area contributed by atoms with E-state index in [1.807, 2.05) is 5.43 Å². The number of anilines is 2. The number of nitrogens with two attached hydrogens (primary N) is 1. The summed E-state index contributed by atoms with van der Waals surface area (Å²) < 4.78 is 99.9. The van der Waals surface area contributed by atoms with Gasteiger partial charge in [0.15, 0.2) is 28.7 Å². The Labute approximate surface area is 293 Å². The van der Waals surface area contributed by atoms with Crippen molar-refractivity contribution in [3.63, 3.8) is 0 Å². The molecule has 0 saturated heterocycles. The molecule has 2 heterocycles. The molecule has 4 rings (SSSR count). The van der Waals surface area contributed by atoms with E-state index in [0.29, 0.717) is 17.9 Å². The number of benzene rings is 2. The summed E-state index contributed by atoms with van der Waals surface area (Å²) in [6, 6.07) is 7.23. The minimum atomic E-state index is -4.70. The molecule has 2 aromatic carbocycles. The van der Waals surface area contributed by atoms with Crippen LogP contribution in [0.25, 0.3) is 22.4 Å². The van der Waals surface area contributed by atoms with Gasteiger partial charge in [-0.15, -0.1) is 0 Å². The molecule has 0 fully saturated rings. The van der Waals surface area contributed by atoms with E-state index in [2.05, 4.69) is 40.0 Å². The van der Waals surface area contributed by atoms with E-state index < -0.39 is 48.2 Å². The van der Waals surface area contributed by atoms with E-state index in [4.69, 9.17) is 20.1 Å². The van der Waals surface area contributed by atoms with Crippen molar-refractivity contribution < 1.29 is 45.0 Å². The Morgan fingerprint density at radius 3 is 2.37 bits per heavy atom. The summed E-state index contributed by atoms with van der Waals surface area (Å²) in [4.78, 5) is 22.0. The van der Waals surface area contributed by atoms with Crippen molar-refractivity contribution in [2.75, 3.05) is 43.8 Å². The van der Waals surface area contributed by atoms with Crippen molar-refractivity contribution in [2.45, 2.75) is 51.6 Å². The summed E-state index contributed by atoms with van der Waals surface area (Å²) in [7, 11) is -1.31. The number of carbonyl (C=O) groups is 1. The van der Waals surface area contributed by atoms with Gasteiger partial charge in [-0.1, -0.05) is 19.6 Å². The van der Waals surface area contributed by atoms with Crippen LogP contribution in [0, 0.1) is 5.82 Å². The molecule has 14 nitrogen and oxygen atoms in total. The summed E-state index contributed by atoms with van der Waals surface area (Å²) >= 11 is 0. The summed E-state index contributed by atoms with van der Waals surface area (Å²) in [6.07, 6.45) is -5.14. The van der Waals surface area contributed by atoms with Crippen LogP contribution in [0.1, 0.15) is 21.6 Å². The van der Waals surface area contributed by atoms with Crippen LogP contribution < -0.4 is 30.4 Å². The van der Waals surface area contributed by atoms with Crippen LogP contribution in [0.2, 0.25) is 25.7 Å². The fraction of sp³-hybridized carbons (Fsp3) is 0.419. The number of hydrazine groups is 1. The fourth-order valence-corrected chi connectivity index (χ4v) is 6.28. The first-order chi connectivity index (χ1) is 23.8. The van der Waals surface area contributed by atoms with E-state index >= 15 is 4.39 Å². The Hall–Kier alpha value is -4.53. The SMILES string of the molecule is COc1ccc(N(C)S(C)(=O)=O)c(CNc2nc(-c3cc(F)c(OC)cc3CC(F)(F)F)nc3c2c(C(=O)NN)nn3COCC[Si](C)(C)C)c1. The van der Waals surface area contributed by atoms with Crippen molar-refractivity contribution in [1.29, 1.82) is 0 Å². The first kappa shape index (κ1) is 39.3. The van der Waals surface area contributed by atoms with Gasteiger partial charge in [-0.2, -0.15) is 18.3 Å². The molecule has 0 aliphatic carbocycles. The number of amides is 1. The van der Waals surface area contributed by atoms with E-state index in [-0.39, 0.29) is 58.5 Å². The average Bonchev–Trinajstić information content (AvgIpc) is 3.42. The molecule has 0 atom stereocenters. The summed E-state index contributed by atoms with van der Waals surface area (Å²) in [6.45, 7) is 6.48. The van der Waals surface area contributed by atoms with Crippen LogP contribution in [0.15, 0.2) is 30.3 Å². The quantitative estimate of drug-likeness (QED) is 0.0384. The van der Waals surface area contributed by atoms with Crippen LogP contribution >= 0.6 is 0 Å². The number of rotatable bonds is 15. The van der Waals surface area contributed by atoms with Gasteiger partial charge in [-0.25, -0.2) is 33.3 Å². The maximum absolute atomic E-state index is 15.1. The zero-order valence-electron chi connectivity index (χ0n) is 29.1. The predicted octanol–water partition coefficient (Wildman–Crippen LogP) is 4.68. The Morgan fingerprint density at radius 1 is 1.08 bits per heavy atom. The zero-order chi connectivity index (χ0) is 37.9. The number of ether oxygens (including phenoxy) is 3. The maximum Gasteiger partial charge on any atom is 0.393 e. The molecule has 0 bridgehead atoms. The summed E-state index contributed by atoms with van der Waals surface area (Å²) in [5.74, 6) is 3.21. The van der Waals surface area contributed by atoms with Gasteiger partial charge < -0.3 is 19.5 Å². The van der Waals surface area contributed by atoms with E-state index in [0.717, 1.165) is 35.8 Å². The molecule has 20 heteroatoms. The molecular formula is C31H40F4N8O6SSi. The van der Waals surface area contributed by atoms with Crippen molar-refractivity contribution in [3.8, 4) is 22.9 Å². The van der Waals surface area contributed by atoms with Crippen molar-refractivity contribution in [2.24, 2.45) is 5.84 Å². The van der Waals surface area contributed by atoms with Gasteiger partial charge in [0.05, 0.1) is 38.0 Å². The number of nitrogens with zero attached hydrogens (tertiary/aromatic N) is 5. The van der Waals surface area contributed by atoms with Gasteiger partial charge in [0.25, 0.3) is 5.91 Å². The number of alkyl halides is 3. The third kappa shape index (κ3) is 9.63. The summed E-state index contributed by atoms with van der Waals surface area (Å²) in [5.41, 5.74) is 1.73. The van der Waals surface area contributed by atoms with Gasteiger partial charge in [-0.05, 0) is 47.5 Å². The predicted molar refractivity (Wildman–Crippen MR) is 186 cm³/mol. The Morgan fingerprint density at radius 2 is 1.78 bits per heavy atom. The first-order valence-corrected chi connectivity index (χ1v) is 21.0. The number of hydrogen-bond donors (Lipinski definition) is 3. The van der Waals surface area contributed by atoms with Gasteiger partial charge in [0.2, 0.25) is 10.0 Å². The minimum absolute atomic E-state index is 0.0164. The number of nitrogen functional groups attached to an aromatic ring is 1. The molecular weight excluding hydrogens is 717 g/mol. The van der Waals surface area contributed by atoms with E-state index in [1.54, 1.807) is 12.1 Å². The molecule has 0 saturated carbocycles. The van der Waals surface area contributed by atoms with Crippen molar-refractivity contribution in [3.05, 3.63) is 53.0 Å². The lowest BCUT2D eigenvalue weighted by molar-refractivity contribution is -0.127. The van der Waals surface area contributed by atoms with E-state index in [1.165, 1.54) is 24.9 Å². The number of methoxy groups -OCH3 is 2. The number of nitrogens with one attached hydrogen (secondary N) is 2. The normalized spacial score (nSPS) is 12.2. The third-order valence-electron chi connectivity index (χ3n) is 7.73. The molecule has 0 aliphatic heterocycles. The topological polar surface area (TPSA) is 176 Å². The highest BCUT2D eigenvalue weighted by molar-refractivity contribution is 7.92. The second kappa shape index (κ2) is 15.4. The molecule has 0 unspecified atom stereocenters. The monoisotopic (exact) mass is 756 g/mol. The molecule has 51 heavy (non-hydrogen) atoms. The molecule has 0 aliphatic rings. The fourth-order valence-electron chi connectivity index (χ4n) is 4.98. The van der Waals surface area contributed by atoms with Gasteiger partial charge in [-0.3, -0.25) is 14.5 Å². The second-order valence-electron chi connectivity index (χ2n) is 12.8. The van der Waals surface area contributed by atoms with Crippen LogP contribution in [-0.2, 0) is 34.5 Å². The number of sulfonamides is 1. The standard InChI is InChI=1S/C31H40F4N8O6SSi/c1-42(50(4,45)46)23-9-8-20(47-2)12-19(23)16-37-28-25-26(30(44)40-36)41-43(17-49-10-11-51(5,6)7)29(25)39-27(38-28)21-14-22(32)24(48-3)13-18(21)15-31(33,34)35/h8-9,12-14H,10-11,15-17,36H2,1-7H3,(H,40,44)(H,37,38,39). The highest BCUT2D eigenvalue weighted by Gasteiger charge is 2.32. The number of carbonyl (C=O) groups excluding carboxylic acids is 1. The lowest BCUT2D eigenvalue weighted by atomic mass is 10.0. The number of aromatic nitrogens is 4. The average molecular weight is 757 g/mol. The highest BCUT2D eigenvalue weighted by Crippen LogP contribution is 2.36. The largest absolute Gasteiger partial charge is 0.497 e. The lowest BCUT2D eigenvalue weighted by Gasteiger charge is -2.21. The molecule has 278 valence electrons. The van der Waals surface area contributed by atoms with Gasteiger partial charge >= 0.3 is 6.18 Å². The van der Waals surface area contributed by atoms with Crippen molar-refractivity contribution in [1.82, 2.24) is 25.2 Å². The molecule has 4 aromatic rings. The number of hydrogen-bond acceptors (Lipinski definition) is 11. The molecule has 0 radical (unpaired) electrons. The van der Waals surface area contributed by atoms with Gasteiger partial charge in [0.1, 0.15) is 18.3 Å². The van der Waals surface area contributed by atoms with Crippen LogP contribution in [-0.4, -0.2) is 82.5 Å². The maximum atomic E-state index is 15.1. The Kier molecular flexibility index (Phi) is 11.8. The lowest BCUT2D eigenvalue weighted by Crippen LogP contribution is -2.30. The number of halogens is 4. The molecule has 4 N–H and O–H groups in total. The van der Waals surface area contributed by atoms with Crippen LogP contribution in [0.5, 0.6) is 11.5 Å². The highest BCUT2D eigenvalue weighted by atomic mass is 32.2. The Bertz CT molecular complexity index is 2020. The van der Waals surface area contributed by atoms with Crippen LogP contribution in [0.4, 0.5) is 29.1 Å². The smallest absolute Gasteiger partial charge is 0.393 e. The molecule has 1 amide bonds. The minimum Gasteiger partial charge on any atom is -0.497 e. The first-order valence-electron chi connectivity index (χ1n) is 15.4. The molecule has 2 aromatic heterocycles. The third-order valence-corrected chi connectivity index (χ3v) is 10.6. The van der Waals surface area contributed by atoms with Crippen molar-refractivity contribution >= 4 is 46.5 Å². The summed E-state index contributed by atoms with van der Waals surface area (Å²) in [5, 5.41) is 7.44. The van der Waals surface area contributed by atoms with Crippen LogP contribution in [0.3, 0.4) is 0 Å². The number of fused-ring (bicyclic) bond motifs is 1. The van der Waals surface area contributed by atoms with Gasteiger partial charge in [0, 0.05) is 33.8 Å². The Balaban J connectivity index is 1.97.